The van der Waals surface area contributed by atoms with Gasteiger partial charge < -0.3 is 15.2 Å². The molecule has 0 amide bonds. The molecule has 0 radical (unpaired) electrons. The predicted molar refractivity (Wildman–Crippen MR) is 87.2 cm³/mol. The molecular formula is C17H22N2O3. The van der Waals surface area contributed by atoms with Gasteiger partial charge in [-0.05, 0) is 32.4 Å². The number of hydrogen-bond acceptors (Lipinski definition) is 5. The van der Waals surface area contributed by atoms with Crippen LogP contribution in [0.4, 0.5) is 5.69 Å². The van der Waals surface area contributed by atoms with Gasteiger partial charge in [0.05, 0.1) is 24.4 Å². The highest BCUT2D eigenvalue weighted by Crippen LogP contribution is 2.28. The second kappa shape index (κ2) is 7.22. The van der Waals surface area contributed by atoms with Gasteiger partial charge in [-0.3, -0.25) is 4.98 Å². The summed E-state index contributed by atoms with van der Waals surface area (Å²) in [6.45, 7) is 6.04. The number of aliphatic hydroxyl groups excluding tert-OH is 1. The van der Waals surface area contributed by atoms with Crippen LogP contribution in [-0.4, -0.2) is 35.3 Å². The Bertz CT molecular complexity index is 666. The minimum absolute atomic E-state index is 0.00556. The average Bonchev–Trinajstić information content (AvgIpc) is 2.52. The summed E-state index contributed by atoms with van der Waals surface area (Å²) in [5.74, 6) is -0.409. The maximum Gasteiger partial charge on any atom is 0.341 e. The largest absolute Gasteiger partial charge is 0.462 e. The summed E-state index contributed by atoms with van der Waals surface area (Å²) < 4.78 is 5.12. The topological polar surface area (TPSA) is 71.5 Å². The third-order valence-electron chi connectivity index (χ3n) is 3.58. The molecule has 0 aliphatic rings. The first kappa shape index (κ1) is 16.2. The molecule has 1 heterocycles. The van der Waals surface area contributed by atoms with E-state index in [4.69, 9.17) is 4.74 Å². The van der Waals surface area contributed by atoms with Crippen LogP contribution < -0.4 is 5.32 Å². The van der Waals surface area contributed by atoms with Gasteiger partial charge in [-0.15, -0.1) is 0 Å². The van der Waals surface area contributed by atoms with Crippen LogP contribution in [0, 0.1) is 6.92 Å². The number of pyridine rings is 1. The van der Waals surface area contributed by atoms with Crippen molar-refractivity contribution in [3.63, 3.8) is 0 Å². The normalized spacial score (nSPS) is 12.2. The molecule has 1 atom stereocenters. The van der Waals surface area contributed by atoms with Crippen molar-refractivity contribution in [2.75, 3.05) is 18.5 Å². The van der Waals surface area contributed by atoms with E-state index in [2.05, 4.69) is 10.3 Å². The third kappa shape index (κ3) is 3.36. The van der Waals surface area contributed by atoms with E-state index < -0.39 is 5.97 Å². The molecule has 0 saturated heterocycles. The molecule has 1 aromatic carbocycles. The number of aliphatic hydroxyl groups is 1. The van der Waals surface area contributed by atoms with Gasteiger partial charge in [0.2, 0.25) is 0 Å². The Labute approximate surface area is 130 Å². The number of nitrogens with one attached hydrogen (secondary N) is 1. The number of hydrogen-bond donors (Lipinski definition) is 2. The first-order valence-electron chi connectivity index (χ1n) is 7.54. The summed E-state index contributed by atoms with van der Waals surface area (Å²) >= 11 is 0. The highest BCUT2D eigenvalue weighted by molar-refractivity contribution is 6.05. The van der Waals surface area contributed by atoms with E-state index in [1.54, 1.807) is 6.92 Å². The van der Waals surface area contributed by atoms with Crippen molar-refractivity contribution in [1.82, 2.24) is 4.98 Å². The van der Waals surface area contributed by atoms with Gasteiger partial charge in [0.15, 0.2) is 0 Å². The minimum Gasteiger partial charge on any atom is -0.462 e. The number of anilines is 1. The van der Waals surface area contributed by atoms with Crippen LogP contribution in [0.5, 0.6) is 0 Å². The van der Waals surface area contributed by atoms with E-state index in [9.17, 15) is 9.90 Å². The minimum atomic E-state index is -0.409. The van der Waals surface area contributed by atoms with Crippen LogP contribution in [0.3, 0.4) is 0 Å². The summed E-state index contributed by atoms with van der Waals surface area (Å²) in [6.07, 6.45) is 2.27. The summed E-state index contributed by atoms with van der Waals surface area (Å²) in [7, 11) is 0. The standard InChI is InChI=1S/C17H22N2O3/c1-4-12(10-20)19-16-13-8-11(3)6-7-15(13)18-9-14(16)17(21)22-5-2/h6-9,12,20H,4-5,10H2,1-3H3,(H,18,19)/t12-/m1/s1. The second-order valence-electron chi connectivity index (χ2n) is 5.22. The number of aromatic nitrogens is 1. The van der Waals surface area contributed by atoms with Gasteiger partial charge in [-0.1, -0.05) is 18.6 Å². The van der Waals surface area contributed by atoms with E-state index >= 15 is 0 Å². The molecule has 5 heteroatoms. The molecule has 0 fully saturated rings. The number of carbonyl (C=O) groups is 1. The first-order chi connectivity index (χ1) is 10.6. The van der Waals surface area contributed by atoms with Gasteiger partial charge in [0.25, 0.3) is 0 Å². The molecule has 1 aromatic heterocycles. The molecule has 0 aliphatic carbocycles. The zero-order valence-electron chi connectivity index (χ0n) is 13.2. The molecular weight excluding hydrogens is 280 g/mol. The molecule has 22 heavy (non-hydrogen) atoms. The van der Waals surface area contributed by atoms with Gasteiger partial charge >= 0.3 is 5.97 Å². The van der Waals surface area contributed by atoms with Crippen LogP contribution in [0.15, 0.2) is 24.4 Å². The Balaban J connectivity index is 2.60. The van der Waals surface area contributed by atoms with Crippen LogP contribution in [0.1, 0.15) is 36.2 Å². The lowest BCUT2D eigenvalue weighted by Crippen LogP contribution is -2.24. The lowest BCUT2D eigenvalue weighted by Gasteiger charge is -2.19. The molecule has 2 aromatic rings. The van der Waals surface area contributed by atoms with Crippen LogP contribution in [0.2, 0.25) is 0 Å². The van der Waals surface area contributed by atoms with E-state index in [1.807, 2.05) is 32.0 Å². The lowest BCUT2D eigenvalue weighted by molar-refractivity contribution is 0.0527. The van der Waals surface area contributed by atoms with Crippen LogP contribution in [0.25, 0.3) is 10.9 Å². The fourth-order valence-corrected chi connectivity index (χ4v) is 2.31. The summed E-state index contributed by atoms with van der Waals surface area (Å²) in [4.78, 5) is 16.5. The lowest BCUT2D eigenvalue weighted by atomic mass is 10.1. The number of nitrogens with zero attached hydrogens (tertiary/aromatic N) is 1. The van der Waals surface area contributed by atoms with E-state index in [0.717, 1.165) is 22.9 Å². The van der Waals surface area contributed by atoms with Crippen LogP contribution >= 0.6 is 0 Å². The Hall–Kier alpha value is -2.14. The fourth-order valence-electron chi connectivity index (χ4n) is 2.31. The molecule has 2 N–H and O–H groups in total. The first-order valence-corrected chi connectivity index (χ1v) is 7.54. The smallest absolute Gasteiger partial charge is 0.341 e. The van der Waals surface area contributed by atoms with Crippen molar-refractivity contribution in [1.29, 1.82) is 0 Å². The Morgan fingerprint density at radius 3 is 2.82 bits per heavy atom. The quantitative estimate of drug-likeness (QED) is 0.803. The summed E-state index contributed by atoms with van der Waals surface area (Å²) in [5, 5.41) is 13.6. The molecule has 0 aliphatic heterocycles. The van der Waals surface area contributed by atoms with Crippen LogP contribution in [-0.2, 0) is 4.74 Å². The molecule has 0 bridgehead atoms. The Kier molecular flexibility index (Phi) is 5.33. The number of ether oxygens (including phenoxy) is 1. The van der Waals surface area contributed by atoms with Crippen molar-refractivity contribution < 1.29 is 14.6 Å². The SMILES string of the molecule is CCOC(=O)c1cnc2ccc(C)cc2c1N[C@H](CC)CO. The number of benzene rings is 1. The highest BCUT2D eigenvalue weighted by atomic mass is 16.5. The molecule has 0 saturated carbocycles. The van der Waals surface area contributed by atoms with Gasteiger partial charge in [-0.25, -0.2) is 4.79 Å². The van der Waals surface area contributed by atoms with Crippen molar-refractivity contribution in [3.8, 4) is 0 Å². The number of esters is 1. The summed E-state index contributed by atoms with van der Waals surface area (Å²) in [6, 6.07) is 5.76. The zero-order valence-corrected chi connectivity index (χ0v) is 13.2. The number of aryl methyl sites for hydroxylation is 1. The predicted octanol–water partition coefficient (Wildman–Crippen LogP) is 2.90. The molecule has 5 nitrogen and oxygen atoms in total. The zero-order chi connectivity index (χ0) is 16.1. The molecule has 2 rings (SSSR count). The number of fused-ring (bicyclic) bond motifs is 1. The second-order valence-corrected chi connectivity index (χ2v) is 5.22. The molecule has 0 unspecified atom stereocenters. The molecule has 0 spiro atoms. The van der Waals surface area contributed by atoms with Gasteiger partial charge in [0.1, 0.15) is 5.56 Å². The Morgan fingerprint density at radius 1 is 1.41 bits per heavy atom. The maximum absolute atomic E-state index is 12.2. The van der Waals surface area contributed by atoms with Crippen molar-refractivity contribution in [2.24, 2.45) is 0 Å². The third-order valence-corrected chi connectivity index (χ3v) is 3.58. The van der Waals surface area contributed by atoms with Crippen molar-refractivity contribution in [2.45, 2.75) is 33.2 Å². The van der Waals surface area contributed by atoms with E-state index in [1.165, 1.54) is 6.20 Å². The van der Waals surface area contributed by atoms with E-state index in [-0.39, 0.29) is 12.6 Å². The summed E-state index contributed by atoms with van der Waals surface area (Å²) in [5.41, 5.74) is 2.95. The van der Waals surface area contributed by atoms with Crippen molar-refractivity contribution >= 4 is 22.6 Å². The molecule has 118 valence electrons. The van der Waals surface area contributed by atoms with Gasteiger partial charge in [-0.2, -0.15) is 0 Å². The maximum atomic E-state index is 12.2. The fraction of sp³-hybridized carbons (Fsp3) is 0.412. The van der Waals surface area contributed by atoms with Crippen molar-refractivity contribution in [3.05, 3.63) is 35.5 Å². The van der Waals surface area contributed by atoms with Gasteiger partial charge in [0, 0.05) is 17.6 Å². The monoisotopic (exact) mass is 302 g/mol. The number of rotatable bonds is 6. The van der Waals surface area contributed by atoms with E-state index in [0.29, 0.717) is 17.9 Å². The highest BCUT2D eigenvalue weighted by Gasteiger charge is 2.18. The number of carbonyl (C=O) groups excluding carboxylic acids is 1. The Morgan fingerprint density at radius 2 is 2.18 bits per heavy atom. The average molecular weight is 302 g/mol.